The van der Waals surface area contributed by atoms with Gasteiger partial charge >= 0.3 is 6.09 Å². The molecule has 3 heterocycles. The lowest BCUT2D eigenvalue weighted by Crippen LogP contribution is -2.51. The van der Waals surface area contributed by atoms with Crippen LogP contribution in [0, 0.1) is 11.8 Å². The smallest absolute Gasteiger partial charge is 0.410 e. The zero-order chi connectivity index (χ0) is 15.2. The van der Waals surface area contributed by atoms with Crippen LogP contribution in [0.1, 0.15) is 46.5 Å². The van der Waals surface area contributed by atoms with E-state index in [1.807, 2.05) is 25.7 Å². The molecule has 0 saturated carbocycles. The number of fused-ring (bicyclic) bond motifs is 2. The molecule has 21 heavy (non-hydrogen) atoms. The Kier molecular flexibility index (Phi) is 3.72. The number of rotatable bonds is 2. The Hall–Kier alpha value is -1.10. The van der Waals surface area contributed by atoms with Gasteiger partial charge in [0, 0.05) is 18.0 Å². The summed E-state index contributed by atoms with van der Waals surface area (Å²) in [6, 6.07) is 0.349. The second kappa shape index (κ2) is 5.27. The maximum atomic E-state index is 12.4. The molecule has 3 aliphatic rings. The molecule has 0 radical (unpaired) electrons. The van der Waals surface area contributed by atoms with Gasteiger partial charge in [-0.2, -0.15) is 0 Å². The summed E-state index contributed by atoms with van der Waals surface area (Å²) in [5.74, 6) is 0.555. The van der Waals surface area contributed by atoms with Crippen LogP contribution in [0.3, 0.4) is 0 Å². The molecule has 2 unspecified atom stereocenters. The van der Waals surface area contributed by atoms with Crippen molar-refractivity contribution in [3.8, 4) is 0 Å². The molecule has 3 fully saturated rings. The monoisotopic (exact) mass is 295 g/mol. The Morgan fingerprint density at radius 3 is 2.05 bits per heavy atom. The molecular formula is C16H25NO4. The summed E-state index contributed by atoms with van der Waals surface area (Å²) in [7, 11) is 0. The topological polar surface area (TPSA) is 55.8 Å². The predicted octanol–water partition coefficient (Wildman–Crippen LogP) is 2.38. The van der Waals surface area contributed by atoms with Crippen molar-refractivity contribution in [2.75, 3.05) is 13.2 Å². The minimum Gasteiger partial charge on any atom is -0.444 e. The summed E-state index contributed by atoms with van der Waals surface area (Å²) < 4.78 is 10.6. The minimum absolute atomic E-state index is 0.0995. The molecule has 3 saturated heterocycles. The van der Waals surface area contributed by atoms with Crippen LogP contribution in [-0.2, 0) is 14.3 Å². The van der Waals surface area contributed by atoms with E-state index in [-0.39, 0.29) is 30.0 Å². The van der Waals surface area contributed by atoms with Gasteiger partial charge in [-0.05, 0) is 46.5 Å². The minimum atomic E-state index is -0.466. The molecular weight excluding hydrogens is 270 g/mol. The van der Waals surface area contributed by atoms with Crippen LogP contribution >= 0.6 is 0 Å². The van der Waals surface area contributed by atoms with E-state index in [0.29, 0.717) is 19.0 Å². The molecule has 0 spiro atoms. The second-order valence-electron chi connectivity index (χ2n) is 7.58. The highest BCUT2D eigenvalue weighted by molar-refractivity contribution is 5.85. The van der Waals surface area contributed by atoms with Crippen molar-refractivity contribution in [2.24, 2.45) is 11.8 Å². The van der Waals surface area contributed by atoms with Crippen molar-refractivity contribution in [1.29, 1.82) is 0 Å². The molecule has 0 aromatic rings. The normalized spacial score (nSPS) is 32.7. The summed E-state index contributed by atoms with van der Waals surface area (Å²) >= 11 is 0. The van der Waals surface area contributed by atoms with Crippen molar-refractivity contribution in [2.45, 2.75) is 64.1 Å². The van der Waals surface area contributed by atoms with E-state index in [9.17, 15) is 9.59 Å². The van der Waals surface area contributed by atoms with Crippen molar-refractivity contribution in [3.05, 3.63) is 0 Å². The largest absolute Gasteiger partial charge is 0.444 e. The standard InChI is InChI=1S/C16H25NO4/c1-16(2,3)21-15(19)17-12-4-5-13(17)7-10(6-12)14(18)11-8-20-9-11/h10-13H,4-9H2,1-3H3. The van der Waals surface area contributed by atoms with E-state index in [1.165, 1.54) is 0 Å². The van der Waals surface area contributed by atoms with Gasteiger partial charge in [0.1, 0.15) is 11.4 Å². The first-order chi connectivity index (χ1) is 9.85. The lowest BCUT2D eigenvalue weighted by molar-refractivity contribution is -0.143. The Labute approximate surface area is 126 Å². The van der Waals surface area contributed by atoms with Gasteiger partial charge in [0.15, 0.2) is 0 Å². The quantitative estimate of drug-likeness (QED) is 0.785. The molecule has 118 valence electrons. The average molecular weight is 295 g/mol. The predicted molar refractivity (Wildman–Crippen MR) is 76.9 cm³/mol. The fourth-order valence-corrected chi connectivity index (χ4v) is 3.76. The van der Waals surface area contributed by atoms with E-state index < -0.39 is 5.60 Å². The second-order valence-corrected chi connectivity index (χ2v) is 7.58. The van der Waals surface area contributed by atoms with Crippen LogP contribution in [0.2, 0.25) is 0 Å². The maximum absolute atomic E-state index is 12.4. The van der Waals surface area contributed by atoms with E-state index >= 15 is 0 Å². The van der Waals surface area contributed by atoms with Crippen molar-refractivity contribution >= 4 is 11.9 Å². The Bertz CT molecular complexity index is 424. The highest BCUT2D eigenvalue weighted by Crippen LogP contribution is 2.41. The maximum Gasteiger partial charge on any atom is 0.410 e. The third-order valence-corrected chi connectivity index (χ3v) is 4.78. The van der Waals surface area contributed by atoms with Crippen molar-refractivity contribution < 1.29 is 19.1 Å². The zero-order valence-corrected chi connectivity index (χ0v) is 13.1. The molecule has 0 aromatic heterocycles. The highest BCUT2D eigenvalue weighted by atomic mass is 16.6. The summed E-state index contributed by atoms with van der Waals surface area (Å²) in [5.41, 5.74) is -0.466. The summed E-state index contributed by atoms with van der Waals surface area (Å²) in [4.78, 5) is 26.6. The number of ketones is 1. The first kappa shape index (κ1) is 14.8. The number of amides is 1. The zero-order valence-electron chi connectivity index (χ0n) is 13.1. The van der Waals surface area contributed by atoms with Gasteiger partial charge in [0.2, 0.25) is 0 Å². The van der Waals surface area contributed by atoms with E-state index in [1.54, 1.807) is 0 Å². The summed E-state index contributed by atoms with van der Waals surface area (Å²) in [5, 5.41) is 0. The number of carbonyl (C=O) groups is 2. The first-order valence-electron chi connectivity index (χ1n) is 7.98. The molecule has 2 bridgehead atoms. The number of hydrogen-bond acceptors (Lipinski definition) is 4. The molecule has 3 rings (SSSR count). The molecule has 3 aliphatic heterocycles. The molecule has 0 aromatic carbocycles. The van der Waals surface area contributed by atoms with Crippen LogP contribution in [0.5, 0.6) is 0 Å². The fraction of sp³-hybridized carbons (Fsp3) is 0.875. The van der Waals surface area contributed by atoms with Gasteiger partial charge in [0.05, 0.1) is 19.1 Å². The summed E-state index contributed by atoms with van der Waals surface area (Å²) in [6.45, 7) is 6.83. The first-order valence-corrected chi connectivity index (χ1v) is 7.98. The van der Waals surface area contributed by atoms with Crippen LogP contribution < -0.4 is 0 Å². The molecule has 0 aliphatic carbocycles. The summed E-state index contributed by atoms with van der Waals surface area (Å²) in [6.07, 6.45) is 3.37. The van der Waals surface area contributed by atoms with Gasteiger partial charge in [-0.15, -0.1) is 0 Å². The van der Waals surface area contributed by atoms with Crippen LogP contribution in [0.4, 0.5) is 4.79 Å². The fourth-order valence-electron chi connectivity index (χ4n) is 3.76. The molecule has 5 nitrogen and oxygen atoms in total. The number of ether oxygens (including phenoxy) is 2. The van der Waals surface area contributed by atoms with Crippen molar-refractivity contribution in [3.63, 3.8) is 0 Å². The molecule has 1 amide bonds. The van der Waals surface area contributed by atoms with Crippen LogP contribution in [0.25, 0.3) is 0 Å². The number of hydrogen-bond donors (Lipinski definition) is 0. The van der Waals surface area contributed by atoms with E-state index in [0.717, 1.165) is 25.7 Å². The highest BCUT2D eigenvalue weighted by Gasteiger charge is 2.47. The van der Waals surface area contributed by atoms with Gasteiger partial charge in [-0.25, -0.2) is 4.79 Å². The number of Topliss-reactive ketones (excluding diaryl/α,β-unsaturated/α-hetero) is 1. The third-order valence-electron chi connectivity index (χ3n) is 4.78. The molecule has 5 heteroatoms. The SMILES string of the molecule is CC(C)(C)OC(=O)N1C2CCC1CC(C(=O)C1COC1)C2. The van der Waals surface area contributed by atoms with Gasteiger partial charge in [-0.3, -0.25) is 4.79 Å². The lowest BCUT2D eigenvalue weighted by atomic mass is 9.82. The van der Waals surface area contributed by atoms with Crippen molar-refractivity contribution in [1.82, 2.24) is 4.90 Å². The Morgan fingerprint density at radius 2 is 1.62 bits per heavy atom. The van der Waals surface area contributed by atoms with E-state index in [2.05, 4.69) is 0 Å². The van der Waals surface area contributed by atoms with E-state index in [4.69, 9.17) is 9.47 Å². The molecule has 0 N–H and O–H groups in total. The van der Waals surface area contributed by atoms with Crippen LogP contribution in [0.15, 0.2) is 0 Å². The van der Waals surface area contributed by atoms with Crippen LogP contribution in [-0.4, -0.2) is 47.7 Å². The number of carbonyl (C=O) groups excluding carboxylic acids is 2. The lowest BCUT2D eigenvalue weighted by Gasteiger charge is -2.40. The molecule has 2 atom stereocenters. The van der Waals surface area contributed by atoms with Gasteiger partial charge in [0.25, 0.3) is 0 Å². The average Bonchev–Trinajstić information content (AvgIpc) is 2.56. The van der Waals surface area contributed by atoms with Gasteiger partial charge in [-0.1, -0.05) is 0 Å². The third kappa shape index (κ3) is 2.93. The number of piperidine rings is 1. The Morgan fingerprint density at radius 1 is 1.05 bits per heavy atom. The Balaban J connectivity index is 1.64. The van der Waals surface area contributed by atoms with Gasteiger partial charge < -0.3 is 14.4 Å². The number of nitrogens with zero attached hydrogens (tertiary/aromatic N) is 1.